The zero-order valence-electron chi connectivity index (χ0n) is 8.49. The Hall–Kier alpha value is -1.62. The second-order valence-electron chi connectivity index (χ2n) is 3.40. The molecule has 0 saturated heterocycles. The minimum absolute atomic E-state index is 0.470. The van der Waals surface area contributed by atoms with Crippen molar-refractivity contribution in [2.45, 2.75) is 6.18 Å². The van der Waals surface area contributed by atoms with Crippen LogP contribution in [-0.2, 0) is 6.18 Å². The number of hydrogen-bond donors (Lipinski definition) is 0. The Morgan fingerprint density at radius 2 is 1.88 bits per heavy atom. The third-order valence-corrected chi connectivity index (χ3v) is 3.28. The highest BCUT2D eigenvalue weighted by atomic mass is 32.1. The highest BCUT2D eigenvalue weighted by molar-refractivity contribution is 7.17. The number of thiophene rings is 1. The molecule has 17 heavy (non-hydrogen) atoms. The van der Waals surface area contributed by atoms with Gasteiger partial charge in [-0.3, -0.25) is 4.79 Å². The summed E-state index contributed by atoms with van der Waals surface area (Å²) < 4.78 is 37.5. The molecule has 0 N–H and O–H groups in total. The summed E-state index contributed by atoms with van der Waals surface area (Å²) in [6, 6.07) is 8.30. The summed E-state index contributed by atoms with van der Waals surface area (Å²) in [7, 11) is 0. The van der Waals surface area contributed by atoms with Crippen LogP contribution in [-0.4, -0.2) is 6.29 Å². The Morgan fingerprint density at radius 3 is 2.47 bits per heavy atom. The Kier molecular flexibility index (Phi) is 3.02. The van der Waals surface area contributed by atoms with Gasteiger partial charge in [0.2, 0.25) is 0 Å². The van der Waals surface area contributed by atoms with E-state index < -0.39 is 11.7 Å². The molecule has 0 unspecified atom stereocenters. The highest BCUT2D eigenvalue weighted by Crippen LogP contribution is 2.34. The van der Waals surface area contributed by atoms with Crippen molar-refractivity contribution in [2.75, 3.05) is 0 Å². The Morgan fingerprint density at radius 1 is 1.12 bits per heavy atom. The third-order valence-electron chi connectivity index (χ3n) is 2.22. The quantitative estimate of drug-likeness (QED) is 0.734. The number of hydrogen-bond acceptors (Lipinski definition) is 2. The molecule has 0 spiro atoms. The summed E-state index contributed by atoms with van der Waals surface area (Å²) >= 11 is 1.17. The van der Waals surface area contributed by atoms with Gasteiger partial charge in [-0.25, -0.2) is 0 Å². The summed E-state index contributed by atoms with van der Waals surface area (Å²) in [6.45, 7) is 0. The predicted octanol–water partition coefficient (Wildman–Crippen LogP) is 4.25. The van der Waals surface area contributed by atoms with Crippen LogP contribution in [0.5, 0.6) is 0 Å². The maximum Gasteiger partial charge on any atom is 0.416 e. The lowest BCUT2D eigenvalue weighted by atomic mass is 10.1. The molecule has 1 aromatic carbocycles. The minimum atomic E-state index is -4.35. The van der Waals surface area contributed by atoms with Crippen molar-refractivity contribution in [3.05, 3.63) is 46.8 Å². The molecule has 1 nitrogen and oxygen atoms in total. The standard InChI is InChI=1S/C12H7F3OS/c13-12(14,15)9-3-1-2-8(6-9)11-5-4-10(7-16)17-11/h1-7H. The van der Waals surface area contributed by atoms with Crippen LogP contribution in [0.15, 0.2) is 36.4 Å². The number of aldehydes is 1. The van der Waals surface area contributed by atoms with E-state index in [1.54, 1.807) is 18.2 Å². The molecule has 1 heterocycles. The zero-order chi connectivity index (χ0) is 12.5. The Balaban J connectivity index is 2.42. The van der Waals surface area contributed by atoms with Crippen molar-refractivity contribution < 1.29 is 18.0 Å². The lowest BCUT2D eigenvalue weighted by Crippen LogP contribution is -2.04. The van der Waals surface area contributed by atoms with E-state index in [0.717, 1.165) is 12.1 Å². The first-order valence-corrected chi connectivity index (χ1v) is 5.55. The number of benzene rings is 1. The molecular formula is C12H7F3OS. The largest absolute Gasteiger partial charge is 0.416 e. The minimum Gasteiger partial charge on any atom is -0.297 e. The Labute approximate surface area is 99.5 Å². The summed E-state index contributed by atoms with van der Waals surface area (Å²) in [4.78, 5) is 11.7. The van der Waals surface area contributed by atoms with Gasteiger partial charge in [-0.1, -0.05) is 12.1 Å². The van der Waals surface area contributed by atoms with Gasteiger partial charge < -0.3 is 0 Å². The van der Waals surface area contributed by atoms with Gasteiger partial charge in [0.1, 0.15) is 0 Å². The number of rotatable bonds is 2. The normalized spacial score (nSPS) is 11.5. The molecule has 2 rings (SSSR count). The van der Waals surface area contributed by atoms with Gasteiger partial charge in [-0.2, -0.15) is 13.2 Å². The van der Waals surface area contributed by atoms with Gasteiger partial charge in [0.15, 0.2) is 6.29 Å². The molecule has 1 aromatic heterocycles. The SMILES string of the molecule is O=Cc1ccc(-c2cccc(C(F)(F)F)c2)s1. The van der Waals surface area contributed by atoms with Gasteiger partial charge in [0.25, 0.3) is 0 Å². The molecule has 88 valence electrons. The van der Waals surface area contributed by atoms with Crippen LogP contribution in [0.3, 0.4) is 0 Å². The zero-order valence-corrected chi connectivity index (χ0v) is 9.31. The lowest BCUT2D eigenvalue weighted by Gasteiger charge is -2.07. The van der Waals surface area contributed by atoms with E-state index in [2.05, 4.69) is 0 Å². The van der Waals surface area contributed by atoms with E-state index in [9.17, 15) is 18.0 Å². The van der Waals surface area contributed by atoms with Crippen LogP contribution >= 0.6 is 11.3 Å². The number of carbonyl (C=O) groups excluding carboxylic acids is 1. The molecule has 0 fully saturated rings. The molecule has 0 aliphatic rings. The third kappa shape index (κ3) is 2.55. The van der Waals surface area contributed by atoms with Crippen LogP contribution in [0.1, 0.15) is 15.2 Å². The number of alkyl halides is 3. The molecule has 0 bridgehead atoms. The van der Waals surface area contributed by atoms with Gasteiger partial charge in [-0.15, -0.1) is 11.3 Å². The maximum absolute atomic E-state index is 12.5. The van der Waals surface area contributed by atoms with Crippen molar-refractivity contribution in [3.63, 3.8) is 0 Å². The van der Waals surface area contributed by atoms with Crippen LogP contribution in [0.25, 0.3) is 10.4 Å². The van der Waals surface area contributed by atoms with Crippen LogP contribution in [0.2, 0.25) is 0 Å². The van der Waals surface area contributed by atoms with Gasteiger partial charge in [-0.05, 0) is 29.8 Å². The van der Waals surface area contributed by atoms with E-state index in [-0.39, 0.29) is 0 Å². The molecule has 0 radical (unpaired) electrons. The fourth-order valence-electron chi connectivity index (χ4n) is 1.42. The van der Waals surface area contributed by atoms with Crippen molar-refractivity contribution in [3.8, 4) is 10.4 Å². The first-order chi connectivity index (χ1) is 8.00. The molecule has 0 aliphatic carbocycles. The van der Waals surface area contributed by atoms with Gasteiger partial charge >= 0.3 is 6.18 Å². The first-order valence-electron chi connectivity index (χ1n) is 4.73. The van der Waals surface area contributed by atoms with E-state index in [1.165, 1.54) is 17.4 Å². The van der Waals surface area contributed by atoms with E-state index >= 15 is 0 Å². The molecule has 0 amide bonds. The number of halogens is 3. The molecule has 0 saturated carbocycles. The van der Waals surface area contributed by atoms with E-state index in [4.69, 9.17) is 0 Å². The van der Waals surface area contributed by atoms with E-state index in [1.807, 2.05) is 0 Å². The Bertz CT molecular complexity index is 543. The molecule has 0 aliphatic heterocycles. The van der Waals surface area contributed by atoms with Gasteiger partial charge in [0, 0.05) is 4.88 Å². The molecule has 0 atom stereocenters. The molecule has 5 heteroatoms. The highest BCUT2D eigenvalue weighted by Gasteiger charge is 2.30. The smallest absolute Gasteiger partial charge is 0.297 e. The van der Waals surface area contributed by atoms with Crippen molar-refractivity contribution in [1.29, 1.82) is 0 Å². The second-order valence-corrected chi connectivity index (χ2v) is 4.51. The average Bonchev–Trinajstić information content (AvgIpc) is 2.76. The topological polar surface area (TPSA) is 17.1 Å². The van der Waals surface area contributed by atoms with Crippen molar-refractivity contribution >= 4 is 17.6 Å². The summed E-state index contributed by atoms with van der Waals surface area (Å²) in [6.07, 6.45) is -3.66. The average molecular weight is 256 g/mol. The predicted molar refractivity (Wildman–Crippen MR) is 60.1 cm³/mol. The first kappa shape index (κ1) is 11.9. The summed E-state index contributed by atoms with van der Waals surface area (Å²) in [5, 5.41) is 0. The van der Waals surface area contributed by atoms with Crippen LogP contribution in [0, 0.1) is 0 Å². The molecule has 2 aromatic rings. The van der Waals surface area contributed by atoms with Crippen molar-refractivity contribution in [1.82, 2.24) is 0 Å². The fourth-order valence-corrected chi connectivity index (χ4v) is 2.24. The van der Waals surface area contributed by atoms with Crippen LogP contribution in [0.4, 0.5) is 13.2 Å². The number of carbonyl (C=O) groups is 1. The molecular weight excluding hydrogens is 249 g/mol. The fraction of sp³-hybridized carbons (Fsp3) is 0.0833. The summed E-state index contributed by atoms with van der Waals surface area (Å²) in [5.74, 6) is 0. The van der Waals surface area contributed by atoms with Crippen LogP contribution < -0.4 is 0 Å². The van der Waals surface area contributed by atoms with E-state index in [0.29, 0.717) is 21.6 Å². The lowest BCUT2D eigenvalue weighted by molar-refractivity contribution is -0.137. The monoisotopic (exact) mass is 256 g/mol. The maximum atomic E-state index is 12.5. The van der Waals surface area contributed by atoms with Gasteiger partial charge in [0.05, 0.1) is 10.4 Å². The van der Waals surface area contributed by atoms with Crippen molar-refractivity contribution in [2.24, 2.45) is 0 Å². The summed E-state index contributed by atoms with van der Waals surface area (Å²) in [5.41, 5.74) is -0.214. The second kappa shape index (κ2) is 4.33.